The minimum absolute atomic E-state index is 0.226. The Balaban J connectivity index is 5.60. The van der Waals surface area contributed by atoms with Crippen LogP contribution in [0.5, 0.6) is 0 Å². The van der Waals surface area contributed by atoms with Gasteiger partial charge >= 0.3 is 11.9 Å². The van der Waals surface area contributed by atoms with Gasteiger partial charge in [0.1, 0.15) is 0 Å². The molecule has 0 aliphatic carbocycles. The van der Waals surface area contributed by atoms with Crippen LogP contribution in [0.15, 0.2) is 17.4 Å². The van der Waals surface area contributed by atoms with Gasteiger partial charge in [-0.25, -0.2) is 0 Å². The molecule has 0 aliphatic heterocycles. The number of esters is 2. The minimum Gasteiger partial charge on any atom is -0.465 e. The first kappa shape index (κ1) is 17.5. The van der Waals surface area contributed by atoms with Crippen molar-refractivity contribution in [2.75, 3.05) is 13.2 Å². The molecule has 19 heavy (non-hydrogen) atoms. The molecule has 0 spiro atoms. The van der Waals surface area contributed by atoms with E-state index in [1.165, 1.54) is 6.08 Å². The summed E-state index contributed by atoms with van der Waals surface area (Å²) in [5.41, 5.74) is 2.57. The zero-order valence-electron chi connectivity index (χ0n) is 12.5. The summed E-state index contributed by atoms with van der Waals surface area (Å²) in [6.45, 7) is 9.51. The molecule has 4 nitrogen and oxygen atoms in total. The Morgan fingerprint density at radius 2 is 1.53 bits per heavy atom. The maximum absolute atomic E-state index is 12.1. The summed E-state index contributed by atoms with van der Waals surface area (Å²) in [7, 11) is 0. The van der Waals surface area contributed by atoms with Crippen molar-refractivity contribution in [3.63, 3.8) is 0 Å². The van der Waals surface area contributed by atoms with Crippen LogP contribution in [0, 0.1) is 5.41 Å². The van der Waals surface area contributed by atoms with Crippen LogP contribution in [0.3, 0.4) is 0 Å². The summed E-state index contributed by atoms with van der Waals surface area (Å²) in [6.07, 6.45) is 2.58. The molecule has 0 aromatic carbocycles. The third-order valence-corrected chi connectivity index (χ3v) is 2.93. The number of hydrogen-bond acceptors (Lipinski definition) is 4. The highest BCUT2D eigenvalue weighted by molar-refractivity contribution is 6.02. The molecule has 0 rings (SSSR count). The predicted molar refractivity (Wildman–Crippen MR) is 73.6 cm³/mol. The van der Waals surface area contributed by atoms with Gasteiger partial charge < -0.3 is 9.47 Å². The van der Waals surface area contributed by atoms with Crippen LogP contribution in [0.4, 0.5) is 0 Å². The van der Waals surface area contributed by atoms with Crippen LogP contribution in [-0.4, -0.2) is 25.2 Å². The van der Waals surface area contributed by atoms with E-state index in [1.807, 2.05) is 13.8 Å². The molecule has 0 aromatic rings. The predicted octanol–water partition coefficient (Wildman–Crippen LogP) is 3.02. The standard InChI is InChI=1S/C15H24O4/c1-6-12(5)10-11-15(7-2,13(16)18-8-3)14(17)19-9-4/h11H,6-9H2,1-5H3. The van der Waals surface area contributed by atoms with Gasteiger partial charge in [0.25, 0.3) is 0 Å². The molecule has 108 valence electrons. The molecule has 0 N–H and O–H groups in total. The van der Waals surface area contributed by atoms with E-state index < -0.39 is 17.4 Å². The highest BCUT2D eigenvalue weighted by atomic mass is 16.6. The fourth-order valence-electron chi connectivity index (χ4n) is 1.46. The van der Waals surface area contributed by atoms with Gasteiger partial charge in [0, 0.05) is 0 Å². The molecule has 0 unspecified atom stereocenters. The Morgan fingerprint density at radius 1 is 1.05 bits per heavy atom. The molecule has 0 aromatic heterocycles. The Morgan fingerprint density at radius 3 is 1.84 bits per heavy atom. The fraction of sp³-hybridized carbons (Fsp3) is 0.667. The van der Waals surface area contributed by atoms with Crippen molar-refractivity contribution in [1.29, 1.82) is 0 Å². The Kier molecular flexibility index (Phi) is 7.85. The fourth-order valence-corrected chi connectivity index (χ4v) is 1.46. The van der Waals surface area contributed by atoms with Crippen LogP contribution < -0.4 is 0 Å². The molecule has 0 bridgehead atoms. The van der Waals surface area contributed by atoms with Crippen molar-refractivity contribution in [3.05, 3.63) is 17.4 Å². The van der Waals surface area contributed by atoms with E-state index in [2.05, 4.69) is 5.73 Å². The third kappa shape index (κ3) is 4.56. The SMILES string of the molecule is CCOC(=O)C(C=C=C(C)CC)(CC)C(=O)OCC. The van der Waals surface area contributed by atoms with Crippen molar-refractivity contribution in [2.45, 2.75) is 47.5 Å². The third-order valence-electron chi connectivity index (χ3n) is 2.93. The average molecular weight is 268 g/mol. The van der Waals surface area contributed by atoms with Crippen LogP contribution in [0.2, 0.25) is 0 Å². The molecular formula is C15H24O4. The second-order valence-electron chi connectivity index (χ2n) is 4.19. The van der Waals surface area contributed by atoms with Crippen molar-refractivity contribution < 1.29 is 19.1 Å². The average Bonchev–Trinajstić information content (AvgIpc) is 2.40. The number of ether oxygens (including phenoxy) is 2. The van der Waals surface area contributed by atoms with Gasteiger partial charge in [-0.3, -0.25) is 9.59 Å². The van der Waals surface area contributed by atoms with Crippen molar-refractivity contribution in [1.82, 2.24) is 0 Å². The summed E-state index contributed by atoms with van der Waals surface area (Å²) in [6, 6.07) is 0. The number of rotatable bonds is 7. The molecule has 0 saturated carbocycles. The van der Waals surface area contributed by atoms with E-state index in [1.54, 1.807) is 20.8 Å². The molecule has 0 saturated heterocycles. The topological polar surface area (TPSA) is 52.6 Å². The Labute approximate surface area is 115 Å². The van der Waals surface area contributed by atoms with E-state index >= 15 is 0 Å². The van der Waals surface area contributed by atoms with Gasteiger partial charge in [-0.2, -0.15) is 0 Å². The van der Waals surface area contributed by atoms with Crippen LogP contribution in [0.1, 0.15) is 47.5 Å². The number of hydrogen-bond donors (Lipinski definition) is 0. The summed E-state index contributed by atoms with van der Waals surface area (Å²) >= 11 is 0. The van der Waals surface area contributed by atoms with Crippen LogP contribution >= 0.6 is 0 Å². The van der Waals surface area contributed by atoms with Gasteiger partial charge in [0.05, 0.1) is 13.2 Å². The zero-order chi connectivity index (χ0) is 14.9. The number of carbonyl (C=O) groups excluding carboxylic acids is 2. The lowest BCUT2D eigenvalue weighted by atomic mass is 9.84. The Hall–Kier alpha value is -1.54. The second-order valence-corrected chi connectivity index (χ2v) is 4.19. The van der Waals surface area contributed by atoms with E-state index in [4.69, 9.17) is 9.47 Å². The molecule has 0 radical (unpaired) electrons. The highest BCUT2D eigenvalue weighted by Gasteiger charge is 2.45. The smallest absolute Gasteiger partial charge is 0.328 e. The van der Waals surface area contributed by atoms with Crippen LogP contribution in [0.25, 0.3) is 0 Å². The van der Waals surface area contributed by atoms with Crippen LogP contribution in [-0.2, 0) is 19.1 Å². The van der Waals surface area contributed by atoms with Gasteiger partial charge in [0.15, 0.2) is 5.41 Å². The maximum Gasteiger partial charge on any atom is 0.328 e. The van der Waals surface area contributed by atoms with E-state index in [0.29, 0.717) is 0 Å². The number of carbonyl (C=O) groups is 2. The van der Waals surface area contributed by atoms with Crippen molar-refractivity contribution in [3.8, 4) is 0 Å². The summed E-state index contributed by atoms with van der Waals surface area (Å²) < 4.78 is 10.0. The maximum atomic E-state index is 12.1. The molecule has 0 heterocycles. The summed E-state index contributed by atoms with van der Waals surface area (Å²) in [5, 5.41) is 0. The normalized spacial score (nSPS) is 10.4. The first-order valence-electron chi connectivity index (χ1n) is 6.76. The van der Waals surface area contributed by atoms with Crippen molar-refractivity contribution >= 4 is 11.9 Å². The molecule has 4 heteroatoms. The molecule has 0 amide bonds. The van der Waals surface area contributed by atoms with E-state index in [0.717, 1.165) is 12.0 Å². The molecule has 0 atom stereocenters. The molecular weight excluding hydrogens is 244 g/mol. The largest absolute Gasteiger partial charge is 0.465 e. The zero-order valence-corrected chi connectivity index (χ0v) is 12.5. The van der Waals surface area contributed by atoms with E-state index in [-0.39, 0.29) is 19.6 Å². The monoisotopic (exact) mass is 268 g/mol. The molecule has 0 aliphatic rings. The first-order chi connectivity index (χ1) is 8.98. The second kappa shape index (κ2) is 8.54. The summed E-state index contributed by atoms with van der Waals surface area (Å²) in [4.78, 5) is 24.2. The van der Waals surface area contributed by atoms with Gasteiger partial charge in [-0.1, -0.05) is 13.8 Å². The highest BCUT2D eigenvalue weighted by Crippen LogP contribution is 2.28. The van der Waals surface area contributed by atoms with Crippen molar-refractivity contribution in [2.24, 2.45) is 5.41 Å². The van der Waals surface area contributed by atoms with Gasteiger partial charge in [-0.05, 0) is 45.3 Å². The minimum atomic E-state index is -1.39. The summed E-state index contributed by atoms with van der Waals surface area (Å²) in [5.74, 6) is -1.15. The molecule has 0 fully saturated rings. The van der Waals surface area contributed by atoms with Gasteiger partial charge in [-0.15, -0.1) is 5.73 Å². The lowest BCUT2D eigenvalue weighted by Crippen LogP contribution is -2.40. The lowest BCUT2D eigenvalue weighted by molar-refractivity contribution is -0.168. The lowest BCUT2D eigenvalue weighted by Gasteiger charge is -2.23. The Bertz CT molecular complexity index is 358. The quantitative estimate of drug-likeness (QED) is 0.404. The van der Waals surface area contributed by atoms with Gasteiger partial charge in [0.2, 0.25) is 0 Å². The first-order valence-corrected chi connectivity index (χ1v) is 6.76. The van der Waals surface area contributed by atoms with E-state index in [9.17, 15) is 9.59 Å².